The number of para-hydroxylation sites is 1. The molecule has 1 aliphatic heterocycles. The molecule has 1 aliphatic rings. The average molecular weight is 538 g/mol. The molecule has 0 fully saturated rings. The smallest absolute Gasteiger partial charge is 0.241 e. The summed E-state index contributed by atoms with van der Waals surface area (Å²) in [5.41, 5.74) is 2.24. The highest BCUT2D eigenvalue weighted by molar-refractivity contribution is 14.0. The predicted molar refractivity (Wildman–Crippen MR) is 134 cm³/mol. The van der Waals surface area contributed by atoms with E-state index in [4.69, 9.17) is 14.5 Å². The zero-order valence-electron chi connectivity index (χ0n) is 18.4. The van der Waals surface area contributed by atoms with E-state index in [1.807, 2.05) is 42.5 Å². The van der Waals surface area contributed by atoms with Gasteiger partial charge in [0, 0.05) is 31.6 Å². The molecule has 168 valence electrons. The summed E-state index contributed by atoms with van der Waals surface area (Å²) in [6.07, 6.45) is 0. The largest absolute Gasteiger partial charge is 0.497 e. The van der Waals surface area contributed by atoms with Crippen LogP contribution < -0.4 is 20.1 Å². The second-order valence-electron chi connectivity index (χ2n) is 7.54. The van der Waals surface area contributed by atoms with Crippen molar-refractivity contribution in [1.29, 1.82) is 0 Å². The van der Waals surface area contributed by atoms with Crippen molar-refractivity contribution in [2.75, 3.05) is 34.4 Å². The Morgan fingerprint density at radius 3 is 2.61 bits per heavy atom. The lowest BCUT2D eigenvalue weighted by molar-refractivity contribution is -0.127. The third kappa shape index (κ3) is 6.75. The molecule has 0 bridgehead atoms. The van der Waals surface area contributed by atoms with Gasteiger partial charge in [0.15, 0.2) is 5.96 Å². The number of likely N-dealkylation sites (N-methyl/N-ethyl adjacent to an activating group) is 1. The van der Waals surface area contributed by atoms with E-state index >= 15 is 0 Å². The van der Waals surface area contributed by atoms with Crippen molar-refractivity contribution in [2.45, 2.75) is 25.4 Å². The van der Waals surface area contributed by atoms with Gasteiger partial charge < -0.3 is 25.0 Å². The Labute approximate surface area is 201 Å². The molecule has 0 spiro atoms. The van der Waals surface area contributed by atoms with Gasteiger partial charge in [0.1, 0.15) is 11.5 Å². The van der Waals surface area contributed by atoms with E-state index < -0.39 is 0 Å². The van der Waals surface area contributed by atoms with Crippen molar-refractivity contribution in [3.05, 3.63) is 59.7 Å². The molecule has 7 nitrogen and oxygen atoms in total. The maximum absolute atomic E-state index is 12.0. The molecule has 2 aromatic rings. The molecular formula is C23H31IN4O3. The van der Waals surface area contributed by atoms with Crippen LogP contribution in [0.25, 0.3) is 0 Å². The summed E-state index contributed by atoms with van der Waals surface area (Å²) in [4.78, 5) is 18.3. The summed E-state index contributed by atoms with van der Waals surface area (Å²) in [6.45, 7) is 3.39. The van der Waals surface area contributed by atoms with Crippen molar-refractivity contribution in [1.82, 2.24) is 15.5 Å². The lowest BCUT2D eigenvalue weighted by Gasteiger charge is -2.23. The quantitative estimate of drug-likeness (QED) is 0.322. The van der Waals surface area contributed by atoms with E-state index in [0.29, 0.717) is 19.1 Å². The van der Waals surface area contributed by atoms with Crippen LogP contribution in [0.5, 0.6) is 11.5 Å². The maximum atomic E-state index is 12.0. The highest BCUT2D eigenvalue weighted by Gasteiger charge is 2.29. The van der Waals surface area contributed by atoms with Crippen molar-refractivity contribution in [2.24, 2.45) is 4.99 Å². The topological polar surface area (TPSA) is 75.2 Å². The molecule has 8 heteroatoms. The monoisotopic (exact) mass is 538 g/mol. The average Bonchev–Trinajstić information content (AvgIpc) is 3.20. The number of aliphatic imine (C=N–C) groups is 1. The maximum Gasteiger partial charge on any atom is 0.241 e. The van der Waals surface area contributed by atoms with Gasteiger partial charge >= 0.3 is 0 Å². The minimum atomic E-state index is -0.0175. The van der Waals surface area contributed by atoms with Crippen molar-refractivity contribution < 1.29 is 14.3 Å². The van der Waals surface area contributed by atoms with E-state index in [2.05, 4.69) is 23.6 Å². The number of methoxy groups -OCH3 is 1. The standard InChI is InChI=1S/C23H30N4O3.HI/c1-16(20-15-30-21-8-6-5-7-19(20)21)26-23(25-14-22(28)27(2)3)24-13-17-9-11-18(29-4)12-10-17;/h5-12,16,20H,13-15H2,1-4H3,(H2,24,25,26);1H. The third-order valence-electron chi connectivity index (χ3n) is 5.19. The number of nitrogens with zero attached hydrogens (tertiary/aromatic N) is 2. The van der Waals surface area contributed by atoms with Crippen LogP contribution in [-0.2, 0) is 11.3 Å². The second kappa shape index (κ2) is 11.8. The first-order chi connectivity index (χ1) is 14.5. The van der Waals surface area contributed by atoms with Gasteiger partial charge in [-0.1, -0.05) is 30.3 Å². The van der Waals surface area contributed by atoms with E-state index in [-0.39, 0.29) is 48.4 Å². The van der Waals surface area contributed by atoms with Crippen LogP contribution >= 0.6 is 24.0 Å². The number of hydrogen-bond donors (Lipinski definition) is 2. The SMILES string of the molecule is COc1ccc(CN=C(NCC(=O)N(C)C)NC(C)C2COc3ccccc32)cc1.I. The molecule has 2 aromatic carbocycles. The summed E-state index contributed by atoms with van der Waals surface area (Å²) < 4.78 is 11.0. The van der Waals surface area contributed by atoms with Crippen molar-refractivity contribution in [3.8, 4) is 11.5 Å². The Morgan fingerprint density at radius 1 is 1.23 bits per heavy atom. The number of halogens is 1. The number of benzene rings is 2. The Bertz CT molecular complexity index is 887. The highest BCUT2D eigenvalue weighted by atomic mass is 127. The number of fused-ring (bicyclic) bond motifs is 1. The molecule has 0 radical (unpaired) electrons. The van der Waals surface area contributed by atoms with Gasteiger partial charge in [0.25, 0.3) is 0 Å². The third-order valence-corrected chi connectivity index (χ3v) is 5.19. The summed E-state index contributed by atoms with van der Waals surface area (Å²) >= 11 is 0. The zero-order chi connectivity index (χ0) is 21.5. The van der Waals surface area contributed by atoms with Crippen LogP contribution in [0.3, 0.4) is 0 Å². The summed E-state index contributed by atoms with van der Waals surface area (Å²) in [6, 6.07) is 16.0. The summed E-state index contributed by atoms with van der Waals surface area (Å²) in [7, 11) is 5.12. The second-order valence-corrected chi connectivity index (χ2v) is 7.54. The molecule has 0 saturated heterocycles. The molecule has 1 heterocycles. The lowest BCUT2D eigenvalue weighted by Crippen LogP contribution is -2.47. The molecule has 31 heavy (non-hydrogen) atoms. The number of hydrogen-bond acceptors (Lipinski definition) is 4. The van der Waals surface area contributed by atoms with Gasteiger partial charge in [0.2, 0.25) is 5.91 Å². The highest BCUT2D eigenvalue weighted by Crippen LogP contribution is 2.35. The molecular weight excluding hydrogens is 507 g/mol. The number of nitrogens with one attached hydrogen (secondary N) is 2. The fourth-order valence-corrected chi connectivity index (χ4v) is 3.29. The number of guanidine groups is 1. The normalized spacial score (nSPS) is 15.7. The van der Waals surface area contributed by atoms with E-state index in [1.165, 1.54) is 5.56 Å². The molecule has 3 rings (SSSR count). The number of rotatable bonds is 7. The molecule has 0 aliphatic carbocycles. The van der Waals surface area contributed by atoms with Crippen molar-refractivity contribution in [3.63, 3.8) is 0 Å². The van der Waals surface area contributed by atoms with Gasteiger partial charge in [-0.3, -0.25) is 4.79 Å². The minimum Gasteiger partial charge on any atom is -0.497 e. The Kier molecular flexibility index (Phi) is 9.42. The summed E-state index contributed by atoms with van der Waals surface area (Å²) in [5, 5.41) is 6.60. The molecule has 0 aromatic heterocycles. The van der Waals surface area contributed by atoms with Gasteiger partial charge in [-0.25, -0.2) is 4.99 Å². The number of ether oxygens (including phenoxy) is 2. The van der Waals surface area contributed by atoms with E-state index in [9.17, 15) is 4.79 Å². The first kappa shape index (κ1) is 24.8. The van der Waals surface area contributed by atoms with Crippen LogP contribution in [0.15, 0.2) is 53.5 Å². The zero-order valence-corrected chi connectivity index (χ0v) is 20.8. The van der Waals surface area contributed by atoms with Gasteiger partial charge in [0.05, 0.1) is 26.8 Å². The number of carbonyl (C=O) groups excluding carboxylic acids is 1. The predicted octanol–water partition coefficient (Wildman–Crippen LogP) is 3.00. The lowest BCUT2D eigenvalue weighted by atomic mass is 9.94. The fourth-order valence-electron chi connectivity index (χ4n) is 3.29. The Balaban J connectivity index is 0.00000341. The van der Waals surface area contributed by atoms with E-state index in [0.717, 1.165) is 17.1 Å². The Hall–Kier alpha value is -2.49. The van der Waals surface area contributed by atoms with Crippen LogP contribution in [0, 0.1) is 0 Å². The van der Waals surface area contributed by atoms with Crippen LogP contribution in [0.1, 0.15) is 24.0 Å². The molecule has 2 atom stereocenters. The van der Waals surface area contributed by atoms with Crippen LogP contribution in [0.2, 0.25) is 0 Å². The molecule has 2 unspecified atom stereocenters. The number of carbonyl (C=O) groups is 1. The minimum absolute atomic E-state index is 0. The van der Waals surface area contributed by atoms with E-state index in [1.54, 1.807) is 26.1 Å². The first-order valence-electron chi connectivity index (χ1n) is 10.1. The van der Waals surface area contributed by atoms with Crippen molar-refractivity contribution >= 4 is 35.8 Å². The number of amides is 1. The van der Waals surface area contributed by atoms with Crippen LogP contribution in [-0.4, -0.2) is 57.2 Å². The Morgan fingerprint density at radius 2 is 1.94 bits per heavy atom. The van der Waals surface area contributed by atoms with Crippen LogP contribution in [0.4, 0.5) is 0 Å². The van der Waals surface area contributed by atoms with Gasteiger partial charge in [-0.05, 0) is 30.7 Å². The first-order valence-corrected chi connectivity index (χ1v) is 10.1. The van der Waals surface area contributed by atoms with Gasteiger partial charge in [-0.2, -0.15) is 0 Å². The fraction of sp³-hybridized carbons (Fsp3) is 0.391. The molecule has 0 saturated carbocycles. The molecule has 1 amide bonds. The van der Waals surface area contributed by atoms with Gasteiger partial charge in [-0.15, -0.1) is 24.0 Å². The summed E-state index contributed by atoms with van der Waals surface area (Å²) in [5.74, 6) is 2.53. The molecule has 2 N–H and O–H groups in total.